The fourth-order valence-electron chi connectivity index (χ4n) is 4.23. The molecule has 24 heavy (non-hydrogen) atoms. The largest absolute Gasteiger partial charge is 0.457 e. The van der Waals surface area contributed by atoms with Crippen LogP contribution in [0.25, 0.3) is 10.8 Å². The zero-order valence-electron chi connectivity index (χ0n) is 14.1. The van der Waals surface area contributed by atoms with E-state index < -0.39 is 5.97 Å². The number of rotatable bonds is 3. The lowest BCUT2D eigenvalue weighted by Crippen LogP contribution is -2.30. The Hall–Kier alpha value is -2.17. The summed E-state index contributed by atoms with van der Waals surface area (Å²) in [6.45, 7) is 3.77. The Bertz CT molecular complexity index is 855. The van der Waals surface area contributed by atoms with Crippen molar-refractivity contribution in [3.05, 3.63) is 40.3 Å². The number of ether oxygens (including phenoxy) is 1. The van der Waals surface area contributed by atoms with Gasteiger partial charge in [-0.3, -0.25) is 4.79 Å². The number of fused-ring (bicyclic) bond motifs is 3. The smallest absolute Gasteiger partial charge is 0.359 e. The summed E-state index contributed by atoms with van der Waals surface area (Å²) in [7, 11) is 0. The van der Waals surface area contributed by atoms with Crippen LogP contribution in [-0.2, 0) is 4.74 Å². The third kappa shape index (κ3) is 2.43. The highest BCUT2D eigenvalue weighted by Crippen LogP contribution is 2.46. The molecular weight excluding hydrogens is 304 g/mol. The molecule has 4 rings (SSSR count). The lowest BCUT2D eigenvalue weighted by molar-refractivity contribution is 0.0151. The lowest BCUT2D eigenvalue weighted by atomic mass is 9.98. The zero-order chi connectivity index (χ0) is 16.8. The van der Waals surface area contributed by atoms with Gasteiger partial charge in [-0.05, 0) is 57.4 Å². The highest BCUT2D eigenvalue weighted by Gasteiger charge is 2.42. The number of hydrogen-bond donors (Lipinski definition) is 0. The maximum absolute atomic E-state index is 12.8. The van der Waals surface area contributed by atoms with Crippen LogP contribution in [0.4, 0.5) is 0 Å². The van der Waals surface area contributed by atoms with Gasteiger partial charge in [0, 0.05) is 5.39 Å². The molecule has 2 saturated carbocycles. The molecule has 2 fully saturated rings. The first kappa shape index (κ1) is 15.4. The van der Waals surface area contributed by atoms with Crippen molar-refractivity contribution in [3.8, 4) is 0 Å². The van der Waals surface area contributed by atoms with E-state index in [0.717, 1.165) is 12.8 Å². The molecule has 2 aliphatic carbocycles. The van der Waals surface area contributed by atoms with Gasteiger partial charge < -0.3 is 4.74 Å². The lowest BCUT2D eigenvalue weighted by Gasteiger charge is -2.22. The van der Waals surface area contributed by atoms with Gasteiger partial charge in [-0.1, -0.05) is 18.2 Å². The second kappa shape index (κ2) is 5.72. The van der Waals surface area contributed by atoms with E-state index in [-0.39, 0.29) is 23.4 Å². The summed E-state index contributed by atoms with van der Waals surface area (Å²) in [5, 5.41) is 5.42. The van der Waals surface area contributed by atoms with Crippen molar-refractivity contribution >= 4 is 16.7 Å². The molecule has 0 spiro atoms. The monoisotopic (exact) mass is 326 g/mol. The predicted octanol–water partition coefficient (Wildman–Crippen LogP) is 3.32. The predicted molar refractivity (Wildman–Crippen MR) is 91.0 cm³/mol. The first-order chi connectivity index (χ1) is 11.5. The van der Waals surface area contributed by atoms with Gasteiger partial charge in [-0.2, -0.15) is 5.10 Å². The molecular formula is C19H22N2O3. The van der Waals surface area contributed by atoms with E-state index in [9.17, 15) is 9.59 Å². The minimum absolute atomic E-state index is 0.0104. The van der Waals surface area contributed by atoms with Crippen molar-refractivity contribution in [2.75, 3.05) is 0 Å². The maximum Gasteiger partial charge on any atom is 0.359 e. The van der Waals surface area contributed by atoms with Crippen molar-refractivity contribution in [2.24, 2.45) is 11.8 Å². The second-order valence-electron chi connectivity index (χ2n) is 7.36. The molecule has 0 N–H and O–H groups in total. The van der Waals surface area contributed by atoms with Gasteiger partial charge in [0.1, 0.15) is 6.10 Å². The van der Waals surface area contributed by atoms with E-state index >= 15 is 0 Å². The highest BCUT2D eigenvalue weighted by molar-refractivity contribution is 6.02. The average Bonchev–Trinajstić information content (AvgIpc) is 3.18. The molecule has 0 aliphatic heterocycles. The van der Waals surface area contributed by atoms with Crippen LogP contribution >= 0.6 is 0 Å². The average molecular weight is 326 g/mol. The molecule has 2 aliphatic rings. The van der Waals surface area contributed by atoms with Crippen molar-refractivity contribution in [1.29, 1.82) is 0 Å². The standard InChI is InChI=1S/C19H22N2O3/c1-11(2)21-18(22)15-6-4-3-5-14(15)17(20-21)19(23)24-16-10-12-7-8-13(16)9-12/h3-6,11-13,16H,7-10H2,1-2H3. The number of carbonyl (C=O) groups is 1. The fourth-order valence-corrected chi connectivity index (χ4v) is 4.23. The number of benzene rings is 1. The Morgan fingerprint density at radius 3 is 2.58 bits per heavy atom. The number of esters is 1. The topological polar surface area (TPSA) is 61.2 Å². The first-order valence-electron chi connectivity index (χ1n) is 8.77. The molecule has 0 radical (unpaired) electrons. The molecule has 2 bridgehead atoms. The summed E-state index contributed by atoms with van der Waals surface area (Å²) in [6.07, 6.45) is 4.58. The summed E-state index contributed by atoms with van der Waals surface area (Å²) in [4.78, 5) is 25.3. The van der Waals surface area contributed by atoms with E-state index in [2.05, 4.69) is 5.10 Å². The molecule has 3 unspecified atom stereocenters. The third-order valence-electron chi connectivity index (χ3n) is 5.44. The van der Waals surface area contributed by atoms with Crippen molar-refractivity contribution in [2.45, 2.75) is 51.7 Å². The van der Waals surface area contributed by atoms with Crippen LogP contribution in [0.1, 0.15) is 56.1 Å². The van der Waals surface area contributed by atoms with Crippen LogP contribution in [-0.4, -0.2) is 21.9 Å². The molecule has 0 amide bonds. The number of carbonyl (C=O) groups excluding carboxylic acids is 1. The molecule has 1 heterocycles. The minimum atomic E-state index is -0.404. The molecule has 5 heteroatoms. The van der Waals surface area contributed by atoms with E-state index in [1.54, 1.807) is 18.2 Å². The second-order valence-corrected chi connectivity index (χ2v) is 7.36. The van der Waals surface area contributed by atoms with E-state index in [1.807, 2.05) is 19.9 Å². The van der Waals surface area contributed by atoms with E-state index in [1.165, 1.54) is 17.5 Å². The minimum Gasteiger partial charge on any atom is -0.457 e. The van der Waals surface area contributed by atoms with Crippen LogP contribution in [0.3, 0.4) is 0 Å². The summed E-state index contributed by atoms with van der Waals surface area (Å²) in [5.41, 5.74) is 0.0822. The van der Waals surface area contributed by atoms with Crippen LogP contribution in [0, 0.1) is 11.8 Å². The third-order valence-corrected chi connectivity index (χ3v) is 5.44. The van der Waals surface area contributed by atoms with Crippen LogP contribution in [0.15, 0.2) is 29.1 Å². The molecule has 3 atom stereocenters. The van der Waals surface area contributed by atoms with Crippen LogP contribution < -0.4 is 5.56 Å². The van der Waals surface area contributed by atoms with Crippen LogP contribution in [0.5, 0.6) is 0 Å². The Morgan fingerprint density at radius 2 is 1.96 bits per heavy atom. The Kier molecular flexibility index (Phi) is 3.66. The Morgan fingerprint density at radius 1 is 1.21 bits per heavy atom. The van der Waals surface area contributed by atoms with Crippen LogP contribution in [0.2, 0.25) is 0 Å². The fraction of sp³-hybridized carbons (Fsp3) is 0.526. The molecule has 126 valence electrons. The van der Waals surface area contributed by atoms with Gasteiger partial charge >= 0.3 is 5.97 Å². The van der Waals surface area contributed by atoms with E-state index in [0.29, 0.717) is 22.6 Å². The molecule has 0 saturated heterocycles. The molecule has 1 aromatic heterocycles. The maximum atomic E-state index is 12.8. The Balaban J connectivity index is 1.73. The SMILES string of the molecule is CC(C)n1nc(C(=O)OC2CC3CCC2C3)c2ccccc2c1=O. The summed E-state index contributed by atoms with van der Waals surface area (Å²) < 4.78 is 7.17. The number of nitrogens with zero attached hydrogens (tertiary/aromatic N) is 2. The van der Waals surface area contributed by atoms with Gasteiger partial charge in [0.2, 0.25) is 0 Å². The van der Waals surface area contributed by atoms with E-state index in [4.69, 9.17) is 4.74 Å². The van der Waals surface area contributed by atoms with Gasteiger partial charge in [-0.25, -0.2) is 9.48 Å². The van der Waals surface area contributed by atoms with Gasteiger partial charge in [0.25, 0.3) is 5.56 Å². The molecule has 5 nitrogen and oxygen atoms in total. The van der Waals surface area contributed by atoms with Gasteiger partial charge in [0.15, 0.2) is 5.69 Å². The van der Waals surface area contributed by atoms with Crippen molar-refractivity contribution in [3.63, 3.8) is 0 Å². The normalized spacial score (nSPS) is 25.5. The summed E-state index contributed by atoms with van der Waals surface area (Å²) >= 11 is 0. The first-order valence-corrected chi connectivity index (χ1v) is 8.77. The Labute approximate surface area is 140 Å². The van der Waals surface area contributed by atoms with Gasteiger partial charge in [-0.15, -0.1) is 0 Å². The summed E-state index contributed by atoms with van der Waals surface area (Å²) in [6, 6.07) is 7.02. The zero-order valence-corrected chi connectivity index (χ0v) is 14.1. The van der Waals surface area contributed by atoms with Crippen molar-refractivity contribution in [1.82, 2.24) is 9.78 Å². The molecule has 2 aromatic rings. The quantitative estimate of drug-likeness (QED) is 0.812. The highest BCUT2D eigenvalue weighted by atomic mass is 16.5. The molecule has 1 aromatic carbocycles. The van der Waals surface area contributed by atoms with Gasteiger partial charge in [0.05, 0.1) is 11.4 Å². The number of aromatic nitrogens is 2. The van der Waals surface area contributed by atoms with Crippen molar-refractivity contribution < 1.29 is 9.53 Å². The summed E-state index contributed by atoms with van der Waals surface area (Å²) in [5.74, 6) is 0.807. The number of hydrogen-bond acceptors (Lipinski definition) is 4.